The van der Waals surface area contributed by atoms with Gasteiger partial charge in [-0.1, -0.05) is 210 Å². The molecule has 0 spiro atoms. The Morgan fingerprint density at radius 1 is 0.338 bits per heavy atom. The summed E-state index contributed by atoms with van der Waals surface area (Å²) >= 11 is 0. The summed E-state index contributed by atoms with van der Waals surface area (Å²) in [5.41, 5.74) is 56.0. The smallest absolute Gasteiger partial charge is 0.373 e. The first kappa shape index (κ1) is 127. The third-order valence-electron chi connectivity index (χ3n) is 17.5. The van der Waals surface area contributed by atoms with Crippen molar-refractivity contribution in [3.05, 3.63) is 215 Å². The molecule has 0 aliphatic rings. The molecule has 44 heteroatoms. The number of carboxylic acids is 4. The maximum absolute atomic E-state index is 12.0. The topological polar surface area (TPSA) is 769 Å². The molecule has 15 unspecified atom stereocenters. The number of aliphatic carboxylic acids is 4. The number of nitrogens with one attached hydrogen (secondary N) is 3. The molecule has 0 aromatic heterocycles. The van der Waals surface area contributed by atoms with E-state index in [4.69, 9.17) is 114 Å². The molecule has 0 saturated heterocycles. The van der Waals surface area contributed by atoms with Crippen molar-refractivity contribution in [3.8, 4) is 0 Å². The van der Waals surface area contributed by atoms with Crippen LogP contribution >= 0.6 is 0 Å². The summed E-state index contributed by atoms with van der Waals surface area (Å²) in [5, 5.41) is 63.2. The molecule has 0 aliphatic carbocycles. The van der Waals surface area contributed by atoms with Crippen molar-refractivity contribution in [2.24, 2.45) is 63.6 Å². The Hall–Kier alpha value is -13.6. The molecule has 0 aliphatic heterocycles. The highest BCUT2D eigenvalue weighted by Gasteiger charge is 2.36. The first-order valence-corrected chi connectivity index (χ1v) is 39.0. The SMILES string of the molecule is CCC(N)C(=O)OC.CCC(N)C(=O)OC.CCC(N)C(NO)C(Cc1ccccc1)C(=O)O.CCC(N)C(NO)C(Cc1ccccc1)C(=O)O.COC(=O)C(Cc1ccccc1)C(NO)C(N)COC=O.COC(=O)C(N)CN(C=O)C(Cc1ccccc1)OC=O.NC(Cc1ccccc1)C(=O)O.NC(Cc1ccccc1)C(=O)O.O=C=O.O=C=O.O=C=O.O=C=O. The van der Waals surface area contributed by atoms with Crippen molar-refractivity contribution in [2.45, 2.75) is 165 Å². The van der Waals surface area contributed by atoms with Crippen LogP contribution in [0.3, 0.4) is 0 Å². The van der Waals surface area contributed by atoms with Gasteiger partial charge in [-0.2, -0.15) is 43.8 Å². The molecule has 1 amide bonds. The van der Waals surface area contributed by atoms with Gasteiger partial charge in [-0.25, -0.2) is 11.0 Å². The largest absolute Gasteiger partial charge is 0.481 e. The molecule has 15 atom stereocenters. The molecule has 6 aromatic carbocycles. The van der Waals surface area contributed by atoms with Gasteiger partial charge in [0.05, 0.1) is 70.4 Å². The number of hydrogen-bond donors (Lipinski definition) is 18. The lowest BCUT2D eigenvalue weighted by molar-refractivity contribution is -0.193. The molecular weight excluding hydrogens is 1710 g/mol. The van der Waals surface area contributed by atoms with Gasteiger partial charge in [0.1, 0.15) is 36.8 Å². The van der Waals surface area contributed by atoms with Gasteiger partial charge < -0.3 is 115 Å². The van der Waals surface area contributed by atoms with E-state index in [2.05, 4.69) is 18.9 Å². The van der Waals surface area contributed by atoms with Gasteiger partial charge >= 0.3 is 72.4 Å². The number of methoxy groups -OCH3 is 4. The Morgan fingerprint density at radius 3 is 0.792 bits per heavy atom. The lowest BCUT2D eigenvalue weighted by Gasteiger charge is -2.28. The van der Waals surface area contributed by atoms with Crippen LogP contribution in [0.5, 0.6) is 0 Å². The lowest BCUT2D eigenvalue weighted by atomic mass is 9.87. The van der Waals surface area contributed by atoms with E-state index in [1.807, 2.05) is 226 Å². The number of carboxylic acid groups (broad SMARTS) is 4. The van der Waals surface area contributed by atoms with Crippen LogP contribution in [0, 0.1) is 17.8 Å². The quantitative estimate of drug-likeness (QED) is 0.00807. The Labute approximate surface area is 750 Å². The molecule has 6 aromatic rings. The summed E-state index contributed by atoms with van der Waals surface area (Å²) in [6.45, 7) is 7.67. The summed E-state index contributed by atoms with van der Waals surface area (Å²) in [4.78, 5) is 186. The van der Waals surface area contributed by atoms with Crippen LogP contribution in [0.25, 0.3) is 0 Å². The summed E-state index contributed by atoms with van der Waals surface area (Å²) in [6, 6.07) is 48.6. The zero-order chi connectivity index (χ0) is 100. The average molecular weight is 1840 g/mol. The predicted octanol–water partition coefficient (Wildman–Crippen LogP) is 0.323. The van der Waals surface area contributed by atoms with Gasteiger partial charge in [0.15, 0.2) is 6.23 Å². The second-order valence-corrected chi connectivity index (χ2v) is 26.3. The van der Waals surface area contributed by atoms with Crippen LogP contribution in [-0.2, 0) is 158 Å². The fourth-order valence-corrected chi connectivity index (χ4v) is 10.4. The number of nitrogens with two attached hydrogens (primary N) is 8. The third-order valence-corrected chi connectivity index (χ3v) is 17.5. The number of carbonyl (C=O) groups excluding carboxylic acids is 15. The number of ether oxygens (including phenoxy) is 6. The zero-order valence-electron chi connectivity index (χ0n) is 73.1. The molecule has 0 heterocycles. The number of benzene rings is 6. The van der Waals surface area contributed by atoms with Crippen LogP contribution in [0.4, 0.5) is 0 Å². The number of nitrogens with zero attached hydrogens (tertiary/aromatic N) is 1. The van der Waals surface area contributed by atoms with Crippen molar-refractivity contribution in [1.82, 2.24) is 21.3 Å². The number of esters is 4. The predicted molar refractivity (Wildman–Crippen MR) is 457 cm³/mol. The average Bonchev–Trinajstić information content (AvgIpc) is 0.856. The van der Waals surface area contributed by atoms with E-state index in [0.717, 1.165) is 38.3 Å². The standard InChI is InChI=1S/C14H18N2O5.C14H20N2O5.2C13H20N2O3.2C9H11NO2.2C5H11NO2.4CO2/c1-20-14(19)12(15)8-16(9-17)13(21-10-18)7-11-5-3-2-4-6-11;1-20-14(18)11(7-10-5-3-2-4-6-10)13(16-19)12(15)8-21-9-17;2*1-2-11(14)12(15-18)10(13(16)17)8-9-6-4-3-5-7-9;2*10-8(9(11)12)6-7-4-2-1-3-5-7;2*1-3-4(6)5(7)8-2;4*2-1-3/h2-6,9-10,12-13H,7-8,15H2,1H3;2-6,9,11-13,16,19H,7-8,15H2,1H3;2*3-7,10-12,15,18H,2,8,14H2,1H3,(H,16,17);2*1-5,8H,6,10H2,(H,11,12);2*4H,3,6H2,1-2H3;;;;. The Bertz CT molecular complexity index is 3930. The molecule has 130 heavy (non-hydrogen) atoms. The Kier molecular flexibility index (Phi) is 81.9. The molecular formula is C86H122N12O32. The molecule has 718 valence electrons. The number of amides is 1. The molecule has 0 radical (unpaired) electrons. The fourth-order valence-electron chi connectivity index (χ4n) is 10.4. The van der Waals surface area contributed by atoms with Crippen LogP contribution in [0.1, 0.15) is 86.8 Å². The van der Waals surface area contributed by atoms with E-state index in [1.165, 1.54) is 28.4 Å². The van der Waals surface area contributed by atoms with E-state index in [1.54, 1.807) is 0 Å². The van der Waals surface area contributed by atoms with E-state index in [9.17, 15) is 68.2 Å². The van der Waals surface area contributed by atoms with Crippen LogP contribution < -0.4 is 62.3 Å². The van der Waals surface area contributed by atoms with E-state index in [-0.39, 0.29) is 62.6 Å². The summed E-state index contributed by atoms with van der Waals surface area (Å²) < 4.78 is 27.4. The molecule has 0 saturated carbocycles. The van der Waals surface area contributed by atoms with Crippen LogP contribution in [0.15, 0.2) is 182 Å². The van der Waals surface area contributed by atoms with Crippen molar-refractivity contribution in [3.63, 3.8) is 0 Å². The number of hydroxylamine groups is 3. The maximum Gasteiger partial charge on any atom is 0.373 e. The summed E-state index contributed by atoms with van der Waals surface area (Å²) in [6.07, 6.45) is 5.17. The highest BCUT2D eigenvalue weighted by molar-refractivity contribution is 5.77. The fraction of sp³-hybridized carbons (Fsp3) is 0.407. The molecule has 6 rings (SSSR count). The van der Waals surface area contributed by atoms with E-state index in [0.29, 0.717) is 70.6 Å². The van der Waals surface area contributed by atoms with Gasteiger partial charge in [0, 0.05) is 25.0 Å². The number of rotatable bonds is 42. The minimum absolute atomic E-state index is 0.110. The minimum Gasteiger partial charge on any atom is -0.481 e. The zero-order valence-corrected chi connectivity index (χ0v) is 73.1. The van der Waals surface area contributed by atoms with Gasteiger partial charge in [-0.15, -0.1) is 0 Å². The van der Waals surface area contributed by atoms with Crippen molar-refractivity contribution in [2.75, 3.05) is 41.6 Å². The Morgan fingerprint density at radius 2 is 0.585 bits per heavy atom. The number of carbonyl (C=O) groups is 11. The number of hydrogen-bond acceptors (Lipinski definition) is 39. The first-order valence-electron chi connectivity index (χ1n) is 39.0. The molecule has 44 nitrogen and oxygen atoms in total. The summed E-state index contributed by atoms with van der Waals surface area (Å²) in [5.74, 6) is -7.91. The maximum atomic E-state index is 12.0. The molecule has 26 N–H and O–H groups in total. The summed E-state index contributed by atoms with van der Waals surface area (Å²) in [7, 11) is 5.13. The lowest BCUT2D eigenvalue weighted by Crippen LogP contribution is -2.53. The molecule has 0 fully saturated rings. The second kappa shape index (κ2) is 83.7. The third kappa shape index (κ3) is 62.6. The second-order valence-electron chi connectivity index (χ2n) is 26.3. The first-order chi connectivity index (χ1) is 61.9. The monoisotopic (exact) mass is 1830 g/mol. The van der Waals surface area contributed by atoms with Crippen molar-refractivity contribution >= 4 is 91.7 Å². The highest BCUT2D eigenvalue weighted by Crippen LogP contribution is 2.20. The van der Waals surface area contributed by atoms with Crippen molar-refractivity contribution in [1.29, 1.82) is 0 Å². The van der Waals surface area contributed by atoms with Crippen LogP contribution in [0.2, 0.25) is 0 Å². The van der Waals surface area contributed by atoms with E-state index >= 15 is 0 Å². The van der Waals surface area contributed by atoms with Gasteiger partial charge in [-0.3, -0.25) is 52.7 Å². The molecule has 0 bridgehead atoms. The van der Waals surface area contributed by atoms with Crippen LogP contribution in [-0.4, -0.2) is 247 Å². The Balaban J connectivity index is -0.000000337. The van der Waals surface area contributed by atoms with Gasteiger partial charge in [0.2, 0.25) is 6.41 Å². The van der Waals surface area contributed by atoms with Gasteiger partial charge in [-0.05, 0) is 91.2 Å². The van der Waals surface area contributed by atoms with Crippen molar-refractivity contribution < 1.29 is 156 Å². The van der Waals surface area contributed by atoms with E-state index < -0.39 is 126 Å². The van der Waals surface area contributed by atoms with Gasteiger partial charge in [0.25, 0.3) is 12.9 Å². The highest BCUT2D eigenvalue weighted by atomic mass is 16.6. The normalized spacial score (nSPS) is 13.0. The minimum atomic E-state index is -1.01.